The topological polar surface area (TPSA) is 106 Å². The summed E-state index contributed by atoms with van der Waals surface area (Å²) in [5.74, 6) is -0.211. The second-order valence-corrected chi connectivity index (χ2v) is 4.87. The Morgan fingerprint density at radius 2 is 2.26 bits per heavy atom. The molecule has 4 N–H and O–H groups in total. The Labute approximate surface area is 112 Å². The summed E-state index contributed by atoms with van der Waals surface area (Å²) in [6.45, 7) is 1.25. The fraction of sp³-hybridized carbons (Fsp3) is 0.750. The van der Waals surface area contributed by atoms with Gasteiger partial charge in [-0.25, -0.2) is 0 Å². The molecule has 1 aromatic rings. The molecule has 1 saturated carbocycles. The third kappa shape index (κ3) is 4.60. The number of hydrogen-bond acceptors (Lipinski definition) is 5. The van der Waals surface area contributed by atoms with Gasteiger partial charge in [0.15, 0.2) is 5.69 Å². The SMILES string of the molecule is NC1CCC(OCCCNC(=O)c2cn[nH]n2)CC1. The standard InChI is InChI=1S/C12H21N5O2/c13-9-2-4-10(5-3-9)19-7-1-6-14-12(18)11-8-15-17-16-11/h8-10H,1-7,13H2,(H,14,18)(H,15,16,17). The van der Waals surface area contributed by atoms with Crippen LogP contribution in [0.3, 0.4) is 0 Å². The zero-order valence-corrected chi connectivity index (χ0v) is 11.0. The summed E-state index contributed by atoms with van der Waals surface area (Å²) in [5.41, 5.74) is 6.14. The molecule has 106 valence electrons. The van der Waals surface area contributed by atoms with Crippen LogP contribution >= 0.6 is 0 Å². The van der Waals surface area contributed by atoms with E-state index in [2.05, 4.69) is 20.7 Å². The Morgan fingerprint density at radius 1 is 1.47 bits per heavy atom. The molecule has 1 aliphatic rings. The number of rotatable bonds is 6. The summed E-state index contributed by atoms with van der Waals surface area (Å²) < 4.78 is 5.76. The fourth-order valence-electron chi connectivity index (χ4n) is 2.18. The minimum absolute atomic E-state index is 0.211. The maximum Gasteiger partial charge on any atom is 0.273 e. The Hall–Kier alpha value is -1.47. The van der Waals surface area contributed by atoms with Crippen molar-refractivity contribution in [2.75, 3.05) is 13.2 Å². The Kier molecular flexibility index (Phi) is 5.29. The molecule has 2 rings (SSSR count). The van der Waals surface area contributed by atoms with Gasteiger partial charge in [0.1, 0.15) is 0 Å². The first-order chi connectivity index (χ1) is 9.25. The Bertz CT molecular complexity index is 373. The van der Waals surface area contributed by atoms with E-state index in [0.717, 1.165) is 32.1 Å². The lowest BCUT2D eigenvalue weighted by Crippen LogP contribution is -2.31. The summed E-state index contributed by atoms with van der Waals surface area (Å²) in [6.07, 6.45) is 6.73. The molecule has 0 saturated heterocycles. The highest BCUT2D eigenvalue weighted by Crippen LogP contribution is 2.19. The molecule has 1 fully saturated rings. The third-order valence-electron chi connectivity index (χ3n) is 3.33. The van der Waals surface area contributed by atoms with Crippen LogP contribution in [0.4, 0.5) is 0 Å². The lowest BCUT2D eigenvalue weighted by atomic mass is 9.94. The molecular formula is C12H21N5O2. The first-order valence-corrected chi connectivity index (χ1v) is 6.77. The Morgan fingerprint density at radius 3 is 2.95 bits per heavy atom. The lowest BCUT2D eigenvalue weighted by Gasteiger charge is -2.26. The lowest BCUT2D eigenvalue weighted by molar-refractivity contribution is 0.0241. The minimum atomic E-state index is -0.211. The summed E-state index contributed by atoms with van der Waals surface area (Å²) in [7, 11) is 0. The number of H-pyrrole nitrogens is 1. The molecule has 7 heteroatoms. The highest BCUT2D eigenvalue weighted by Gasteiger charge is 2.18. The highest BCUT2D eigenvalue weighted by atomic mass is 16.5. The molecule has 0 unspecified atom stereocenters. The predicted molar refractivity (Wildman–Crippen MR) is 69.5 cm³/mol. The van der Waals surface area contributed by atoms with Crippen molar-refractivity contribution < 1.29 is 9.53 Å². The first-order valence-electron chi connectivity index (χ1n) is 6.77. The van der Waals surface area contributed by atoms with E-state index in [1.54, 1.807) is 0 Å². The van der Waals surface area contributed by atoms with Gasteiger partial charge in [0, 0.05) is 19.2 Å². The molecule has 0 aromatic carbocycles. The number of carbonyl (C=O) groups excluding carboxylic acids is 1. The number of carbonyl (C=O) groups is 1. The third-order valence-corrected chi connectivity index (χ3v) is 3.33. The van der Waals surface area contributed by atoms with Crippen LogP contribution < -0.4 is 11.1 Å². The molecule has 0 radical (unpaired) electrons. The minimum Gasteiger partial charge on any atom is -0.378 e. The maximum atomic E-state index is 11.5. The quantitative estimate of drug-likeness (QED) is 0.639. The smallest absolute Gasteiger partial charge is 0.273 e. The monoisotopic (exact) mass is 267 g/mol. The van der Waals surface area contributed by atoms with Crippen LogP contribution in [0, 0.1) is 0 Å². The van der Waals surface area contributed by atoms with Crippen molar-refractivity contribution in [3.05, 3.63) is 11.9 Å². The molecule has 0 spiro atoms. The molecule has 0 aliphatic heterocycles. The molecule has 1 aliphatic carbocycles. The van der Waals surface area contributed by atoms with E-state index in [1.807, 2.05) is 0 Å². The van der Waals surface area contributed by atoms with E-state index in [4.69, 9.17) is 10.5 Å². The van der Waals surface area contributed by atoms with Gasteiger partial charge in [-0.3, -0.25) is 4.79 Å². The van der Waals surface area contributed by atoms with Crippen LogP contribution in [0.15, 0.2) is 6.20 Å². The van der Waals surface area contributed by atoms with E-state index >= 15 is 0 Å². The number of ether oxygens (including phenoxy) is 1. The van der Waals surface area contributed by atoms with Crippen LogP contribution in [0.5, 0.6) is 0 Å². The van der Waals surface area contributed by atoms with Gasteiger partial charge in [-0.15, -0.1) is 0 Å². The van der Waals surface area contributed by atoms with Gasteiger partial charge in [0.05, 0.1) is 12.3 Å². The van der Waals surface area contributed by atoms with E-state index < -0.39 is 0 Å². The van der Waals surface area contributed by atoms with Crippen molar-refractivity contribution >= 4 is 5.91 Å². The molecule has 1 heterocycles. The second-order valence-electron chi connectivity index (χ2n) is 4.87. The van der Waals surface area contributed by atoms with Crippen LogP contribution in [0.2, 0.25) is 0 Å². The average Bonchev–Trinajstić information content (AvgIpc) is 2.94. The molecule has 19 heavy (non-hydrogen) atoms. The number of nitrogens with one attached hydrogen (secondary N) is 2. The maximum absolute atomic E-state index is 11.5. The number of hydrogen-bond donors (Lipinski definition) is 3. The summed E-state index contributed by atoms with van der Waals surface area (Å²) in [6, 6.07) is 0.349. The van der Waals surface area contributed by atoms with Crippen molar-refractivity contribution in [1.82, 2.24) is 20.7 Å². The van der Waals surface area contributed by atoms with Gasteiger partial charge < -0.3 is 15.8 Å². The van der Waals surface area contributed by atoms with Crippen LogP contribution in [-0.4, -0.2) is 46.6 Å². The number of aromatic nitrogens is 3. The largest absolute Gasteiger partial charge is 0.378 e. The number of nitrogens with two attached hydrogens (primary N) is 1. The second kappa shape index (κ2) is 7.20. The average molecular weight is 267 g/mol. The van der Waals surface area contributed by atoms with Crippen molar-refractivity contribution in [1.29, 1.82) is 0 Å². The van der Waals surface area contributed by atoms with Crippen LogP contribution in [0.25, 0.3) is 0 Å². The zero-order valence-electron chi connectivity index (χ0n) is 11.0. The molecule has 1 aromatic heterocycles. The normalized spacial score (nSPS) is 23.2. The van der Waals surface area contributed by atoms with Crippen molar-refractivity contribution in [3.63, 3.8) is 0 Å². The summed E-state index contributed by atoms with van der Waals surface area (Å²) in [5, 5.41) is 12.5. The highest BCUT2D eigenvalue weighted by molar-refractivity contribution is 5.91. The van der Waals surface area contributed by atoms with Crippen LogP contribution in [-0.2, 0) is 4.74 Å². The number of aromatic amines is 1. The van der Waals surface area contributed by atoms with Gasteiger partial charge in [-0.1, -0.05) is 0 Å². The van der Waals surface area contributed by atoms with Crippen molar-refractivity contribution in [3.8, 4) is 0 Å². The van der Waals surface area contributed by atoms with Crippen LogP contribution in [0.1, 0.15) is 42.6 Å². The first kappa shape index (κ1) is 14.0. The molecule has 0 atom stereocenters. The summed E-state index contributed by atoms with van der Waals surface area (Å²) >= 11 is 0. The van der Waals surface area contributed by atoms with E-state index in [9.17, 15) is 4.79 Å². The van der Waals surface area contributed by atoms with E-state index in [0.29, 0.717) is 31.0 Å². The van der Waals surface area contributed by atoms with Gasteiger partial charge in [0.2, 0.25) is 0 Å². The van der Waals surface area contributed by atoms with Crippen molar-refractivity contribution in [2.45, 2.75) is 44.2 Å². The van der Waals surface area contributed by atoms with Crippen molar-refractivity contribution in [2.24, 2.45) is 5.73 Å². The van der Waals surface area contributed by atoms with Gasteiger partial charge in [0.25, 0.3) is 5.91 Å². The summed E-state index contributed by atoms with van der Waals surface area (Å²) in [4.78, 5) is 11.5. The number of nitrogens with zero attached hydrogens (tertiary/aromatic N) is 2. The molecule has 0 bridgehead atoms. The predicted octanol–water partition coefficient (Wildman–Crippen LogP) is 0.211. The molecular weight excluding hydrogens is 246 g/mol. The molecule has 7 nitrogen and oxygen atoms in total. The molecule has 1 amide bonds. The van der Waals surface area contributed by atoms with Gasteiger partial charge in [-0.05, 0) is 32.1 Å². The zero-order chi connectivity index (χ0) is 13.5. The van der Waals surface area contributed by atoms with E-state index in [1.165, 1.54) is 6.20 Å². The Balaban J connectivity index is 1.51. The number of amides is 1. The van der Waals surface area contributed by atoms with Gasteiger partial charge >= 0.3 is 0 Å². The fourth-order valence-corrected chi connectivity index (χ4v) is 2.18. The van der Waals surface area contributed by atoms with Gasteiger partial charge in [-0.2, -0.15) is 15.4 Å². The van der Waals surface area contributed by atoms with E-state index in [-0.39, 0.29) is 5.91 Å².